The van der Waals surface area contributed by atoms with Crippen molar-refractivity contribution in [2.24, 2.45) is 0 Å². The van der Waals surface area contributed by atoms with Gasteiger partial charge < -0.3 is 5.32 Å². The van der Waals surface area contributed by atoms with Crippen LogP contribution in [-0.4, -0.2) is 20.7 Å². The highest BCUT2D eigenvalue weighted by atomic mass is 32.2. The van der Waals surface area contributed by atoms with Gasteiger partial charge in [-0.2, -0.15) is 0 Å². The first-order valence-electron chi connectivity index (χ1n) is 13.2. The highest BCUT2D eigenvalue weighted by molar-refractivity contribution is 7.98. The molecule has 0 aliphatic heterocycles. The Bertz CT molecular complexity index is 1330. The summed E-state index contributed by atoms with van der Waals surface area (Å²) in [4.78, 5) is 12.3. The van der Waals surface area contributed by atoms with E-state index >= 15 is 0 Å². The van der Waals surface area contributed by atoms with Crippen molar-refractivity contribution >= 4 is 17.7 Å². The largest absolute Gasteiger partial charge is 0.352 e. The van der Waals surface area contributed by atoms with E-state index < -0.39 is 0 Å². The fraction of sp³-hybridized carbons (Fsp3) is 0.323. The van der Waals surface area contributed by atoms with Crippen molar-refractivity contribution in [3.8, 4) is 5.69 Å². The molecule has 1 aliphatic rings. The van der Waals surface area contributed by atoms with Crippen molar-refractivity contribution in [1.29, 1.82) is 0 Å². The van der Waals surface area contributed by atoms with E-state index in [1.807, 2.05) is 30.3 Å². The minimum Gasteiger partial charge on any atom is -0.352 e. The van der Waals surface area contributed by atoms with Crippen LogP contribution in [-0.2, 0) is 23.5 Å². The van der Waals surface area contributed by atoms with Crippen LogP contribution in [0.1, 0.15) is 66.1 Å². The first kappa shape index (κ1) is 25.3. The average Bonchev–Trinajstić information content (AvgIpc) is 3.71. The van der Waals surface area contributed by atoms with Crippen molar-refractivity contribution < 1.29 is 4.79 Å². The molecule has 0 atom stereocenters. The van der Waals surface area contributed by atoms with Crippen molar-refractivity contribution in [3.63, 3.8) is 0 Å². The van der Waals surface area contributed by atoms with Gasteiger partial charge in [0.2, 0.25) is 5.91 Å². The lowest BCUT2D eigenvalue weighted by Crippen LogP contribution is -2.22. The average molecular weight is 511 g/mol. The van der Waals surface area contributed by atoms with Gasteiger partial charge in [0.05, 0.1) is 0 Å². The number of thioether (sulfide) groups is 1. The third-order valence-corrected chi connectivity index (χ3v) is 7.86. The zero-order valence-corrected chi connectivity index (χ0v) is 22.2. The number of amides is 1. The van der Waals surface area contributed by atoms with E-state index in [1.54, 1.807) is 11.8 Å². The number of rotatable bonds is 12. The Morgan fingerprint density at radius 2 is 1.78 bits per heavy atom. The second-order valence-electron chi connectivity index (χ2n) is 9.79. The molecule has 1 amide bonds. The van der Waals surface area contributed by atoms with Gasteiger partial charge in [-0.05, 0) is 72.9 Å². The van der Waals surface area contributed by atoms with Crippen LogP contribution in [0.15, 0.2) is 84.0 Å². The number of nitrogens with one attached hydrogen (secondary N) is 1. The number of aromatic nitrogens is 3. The summed E-state index contributed by atoms with van der Waals surface area (Å²) in [5, 5.41) is 13.1. The molecule has 0 spiro atoms. The molecule has 37 heavy (non-hydrogen) atoms. The van der Waals surface area contributed by atoms with Gasteiger partial charge in [-0.25, -0.2) is 0 Å². The lowest BCUT2D eigenvalue weighted by Gasteiger charge is -2.12. The molecule has 0 saturated heterocycles. The number of hydrogen-bond acceptors (Lipinski definition) is 4. The van der Waals surface area contributed by atoms with Gasteiger partial charge in [-0.15, -0.1) is 10.2 Å². The van der Waals surface area contributed by atoms with Crippen molar-refractivity contribution in [2.75, 3.05) is 0 Å². The maximum absolute atomic E-state index is 12.3. The molecule has 3 aromatic carbocycles. The molecule has 0 unspecified atom stereocenters. The summed E-state index contributed by atoms with van der Waals surface area (Å²) in [6.07, 6.45) is 5.58. The molecule has 1 saturated carbocycles. The minimum absolute atomic E-state index is 0.0944. The molecule has 1 fully saturated rings. The fourth-order valence-corrected chi connectivity index (χ4v) is 5.56. The maximum atomic E-state index is 12.3. The van der Waals surface area contributed by atoms with E-state index in [9.17, 15) is 4.79 Å². The van der Waals surface area contributed by atoms with Gasteiger partial charge in [-0.3, -0.25) is 9.36 Å². The van der Waals surface area contributed by atoms with Crippen LogP contribution in [0.4, 0.5) is 0 Å². The summed E-state index contributed by atoms with van der Waals surface area (Å²) in [5.41, 5.74) is 6.27. The normalized spacial score (nSPS) is 13.0. The van der Waals surface area contributed by atoms with Crippen molar-refractivity contribution in [1.82, 2.24) is 20.1 Å². The molecular weight excluding hydrogens is 476 g/mol. The van der Waals surface area contributed by atoms with Crippen LogP contribution in [0.3, 0.4) is 0 Å². The Hall–Kier alpha value is -3.38. The van der Waals surface area contributed by atoms with E-state index in [-0.39, 0.29) is 5.91 Å². The Balaban J connectivity index is 1.23. The molecule has 5 nitrogen and oxygen atoms in total. The molecule has 1 aliphatic carbocycles. The molecule has 0 radical (unpaired) electrons. The van der Waals surface area contributed by atoms with Gasteiger partial charge in [0.25, 0.3) is 0 Å². The smallest absolute Gasteiger partial charge is 0.220 e. The van der Waals surface area contributed by atoms with Gasteiger partial charge in [0.1, 0.15) is 5.82 Å². The van der Waals surface area contributed by atoms with Gasteiger partial charge in [0.15, 0.2) is 5.16 Å². The van der Waals surface area contributed by atoms with Crippen LogP contribution < -0.4 is 5.32 Å². The van der Waals surface area contributed by atoms with Crippen LogP contribution in [0.5, 0.6) is 0 Å². The zero-order chi connectivity index (χ0) is 25.5. The van der Waals surface area contributed by atoms with Crippen LogP contribution >= 0.6 is 11.8 Å². The number of unbranched alkanes of at least 4 members (excludes halogenated alkanes) is 1. The highest BCUT2D eigenvalue weighted by Gasteiger charge is 2.24. The molecular formula is C31H34N4OS. The summed E-state index contributed by atoms with van der Waals surface area (Å²) < 4.78 is 2.23. The first-order chi connectivity index (χ1) is 18.2. The summed E-state index contributed by atoms with van der Waals surface area (Å²) in [6.45, 7) is 2.73. The lowest BCUT2D eigenvalue weighted by atomic mass is 10.1. The van der Waals surface area contributed by atoms with Crippen molar-refractivity contribution in [2.45, 2.75) is 68.8 Å². The summed E-state index contributed by atoms with van der Waals surface area (Å²) in [6, 6.07) is 27.4. The maximum Gasteiger partial charge on any atom is 0.220 e. The number of carbonyl (C=O) groups excluding carboxylic acids is 1. The second kappa shape index (κ2) is 12.2. The van der Waals surface area contributed by atoms with E-state index in [1.165, 1.54) is 29.5 Å². The summed E-state index contributed by atoms with van der Waals surface area (Å²) >= 11 is 1.73. The minimum atomic E-state index is 0.0944. The predicted molar refractivity (Wildman–Crippen MR) is 150 cm³/mol. The molecule has 1 aromatic heterocycles. The predicted octanol–water partition coefficient (Wildman–Crippen LogP) is 6.77. The van der Waals surface area contributed by atoms with Gasteiger partial charge in [-0.1, -0.05) is 78.5 Å². The molecule has 190 valence electrons. The molecule has 5 rings (SSSR count). The van der Waals surface area contributed by atoms with Crippen LogP contribution in [0.25, 0.3) is 5.69 Å². The van der Waals surface area contributed by atoms with Crippen LogP contribution in [0.2, 0.25) is 0 Å². The van der Waals surface area contributed by atoms with E-state index in [0.29, 0.717) is 18.9 Å². The van der Waals surface area contributed by atoms with Gasteiger partial charge in [0, 0.05) is 30.8 Å². The quantitative estimate of drug-likeness (QED) is 0.169. The standard InChI is InChI=1S/C31H34N4OS/c1-23-10-5-6-13-27(23)22-37-31-34-33-29(35(31)28-15-9-14-26(20-28)25-18-19-25)16-7-8-17-30(36)32-21-24-11-3-2-4-12-24/h2-6,9-15,20,25H,7-8,16-19,21-22H2,1H3,(H,32,36). The van der Waals surface area contributed by atoms with E-state index in [0.717, 1.165) is 47.2 Å². The number of benzene rings is 3. The molecule has 6 heteroatoms. The number of hydrogen-bond donors (Lipinski definition) is 1. The number of aryl methyl sites for hydroxylation is 2. The highest BCUT2D eigenvalue weighted by Crippen LogP contribution is 2.40. The monoisotopic (exact) mass is 510 g/mol. The third kappa shape index (κ3) is 6.89. The van der Waals surface area contributed by atoms with Crippen molar-refractivity contribution in [3.05, 3.63) is 107 Å². The van der Waals surface area contributed by atoms with E-state index in [2.05, 4.69) is 75.5 Å². The molecule has 4 aromatic rings. The molecule has 1 heterocycles. The van der Waals surface area contributed by atoms with Gasteiger partial charge >= 0.3 is 0 Å². The topological polar surface area (TPSA) is 59.8 Å². The Labute approximate surface area is 223 Å². The Morgan fingerprint density at radius 1 is 0.973 bits per heavy atom. The zero-order valence-electron chi connectivity index (χ0n) is 21.4. The summed E-state index contributed by atoms with van der Waals surface area (Å²) in [7, 11) is 0. The Morgan fingerprint density at radius 3 is 2.59 bits per heavy atom. The number of carbonyl (C=O) groups is 1. The second-order valence-corrected chi connectivity index (χ2v) is 10.7. The van der Waals surface area contributed by atoms with Crippen LogP contribution in [0, 0.1) is 6.92 Å². The first-order valence-corrected chi connectivity index (χ1v) is 14.2. The summed E-state index contributed by atoms with van der Waals surface area (Å²) in [5.74, 6) is 2.61. The molecule has 1 N–H and O–H groups in total. The van der Waals surface area contributed by atoms with E-state index in [4.69, 9.17) is 0 Å². The number of nitrogens with zero attached hydrogens (tertiary/aromatic N) is 3. The SMILES string of the molecule is Cc1ccccc1CSc1nnc(CCCCC(=O)NCc2ccccc2)n1-c1cccc(C2CC2)c1. The molecule has 0 bridgehead atoms. The Kier molecular flexibility index (Phi) is 8.36. The third-order valence-electron chi connectivity index (χ3n) is 6.88. The lowest BCUT2D eigenvalue weighted by molar-refractivity contribution is -0.121. The fourth-order valence-electron chi connectivity index (χ4n) is 4.52.